The van der Waals surface area contributed by atoms with Gasteiger partial charge in [0.15, 0.2) is 6.29 Å². The molecule has 1 fully saturated rings. The van der Waals surface area contributed by atoms with E-state index in [2.05, 4.69) is 5.32 Å². The number of carboxylic acids is 1. The summed E-state index contributed by atoms with van der Waals surface area (Å²) in [5.74, 6) is -3.19. The number of rotatable bonds is 5. The standard InChI is InChI=1S/C14H21NO11/c1-4(17)15-8-11(10(20)7(3-16)24-13(8)23)26-14-9(19)5(18)2-6(25-14)12(21)22/h2,5,7-11,13-14,16,18-20,23H,3H2,1H3,(H,15,17)(H,21,22)/p-1/t5-,7+,8+,9+,10+,11+,13?,14-/m0/s1. The maximum atomic E-state index is 11.3. The van der Waals surface area contributed by atoms with Crippen molar-refractivity contribution >= 4 is 11.9 Å². The Hall–Kier alpha value is -1.80. The van der Waals surface area contributed by atoms with Crippen LogP contribution in [0.5, 0.6) is 0 Å². The molecule has 0 saturated carbocycles. The van der Waals surface area contributed by atoms with Crippen LogP contribution in [-0.4, -0.2) is 93.2 Å². The SMILES string of the molecule is CC(=O)N[C@H]1C(O)O[C@H](CO)[C@@H](O)[C@@H]1O[C@@H]1OC(C(=O)[O-])=C[C@H](O)[C@H]1O. The number of hydrogen-bond acceptors (Lipinski definition) is 11. The molecule has 1 amide bonds. The maximum absolute atomic E-state index is 11.3. The number of carboxylic acid groups (broad SMARTS) is 1. The summed E-state index contributed by atoms with van der Waals surface area (Å²) < 4.78 is 15.2. The third-order valence-electron chi connectivity index (χ3n) is 3.93. The lowest BCUT2D eigenvalue weighted by atomic mass is 9.96. The van der Waals surface area contributed by atoms with Crippen LogP contribution in [0.1, 0.15) is 6.92 Å². The van der Waals surface area contributed by atoms with E-state index in [1.807, 2.05) is 0 Å². The predicted octanol–water partition coefficient (Wildman–Crippen LogP) is -5.34. The van der Waals surface area contributed by atoms with Gasteiger partial charge in [-0.15, -0.1) is 0 Å². The molecule has 0 radical (unpaired) electrons. The summed E-state index contributed by atoms with van der Waals surface area (Å²) in [6, 6.07) is -1.34. The van der Waals surface area contributed by atoms with E-state index >= 15 is 0 Å². The van der Waals surface area contributed by atoms with Gasteiger partial charge < -0.3 is 55.0 Å². The van der Waals surface area contributed by atoms with Crippen molar-refractivity contribution in [1.29, 1.82) is 0 Å². The molecule has 26 heavy (non-hydrogen) atoms. The van der Waals surface area contributed by atoms with Crippen LogP contribution >= 0.6 is 0 Å². The minimum Gasteiger partial charge on any atom is -0.542 e. The second kappa shape index (κ2) is 8.26. The minimum atomic E-state index is -1.77. The lowest BCUT2D eigenvalue weighted by molar-refractivity contribution is -0.320. The first kappa shape index (κ1) is 20.5. The van der Waals surface area contributed by atoms with Crippen molar-refractivity contribution in [3.05, 3.63) is 11.8 Å². The molecule has 0 aromatic carbocycles. The van der Waals surface area contributed by atoms with Crippen molar-refractivity contribution in [2.75, 3.05) is 6.61 Å². The van der Waals surface area contributed by atoms with Crippen molar-refractivity contribution < 1.29 is 54.4 Å². The zero-order chi connectivity index (χ0) is 19.6. The van der Waals surface area contributed by atoms with E-state index in [-0.39, 0.29) is 0 Å². The van der Waals surface area contributed by atoms with Crippen LogP contribution in [0.3, 0.4) is 0 Å². The molecule has 2 heterocycles. The van der Waals surface area contributed by atoms with Gasteiger partial charge in [0.25, 0.3) is 0 Å². The van der Waals surface area contributed by atoms with Gasteiger partial charge in [-0.2, -0.15) is 0 Å². The quantitative estimate of drug-likeness (QED) is 0.267. The van der Waals surface area contributed by atoms with Gasteiger partial charge in [-0.25, -0.2) is 0 Å². The van der Waals surface area contributed by atoms with E-state index in [0.717, 1.165) is 6.92 Å². The van der Waals surface area contributed by atoms with Crippen molar-refractivity contribution in [1.82, 2.24) is 5.32 Å². The first-order valence-electron chi connectivity index (χ1n) is 7.66. The van der Waals surface area contributed by atoms with Crippen LogP contribution < -0.4 is 10.4 Å². The Morgan fingerprint density at radius 3 is 2.46 bits per heavy atom. The predicted molar refractivity (Wildman–Crippen MR) is 76.4 cm³/mol. The van der Waals surface area contributed by atoms with E-state index in [1.165, 1.54) is 0 Å². The van der Waals surface area contributed by atoms with Gasteiger partial charge in [-0.3, -0.25) is 4.79 Å². The van der Waals surface area contributed by atoms with Crippen LogP contribution in [0, 0.1) is 0 Å². The summed E-state index contributed by atoms with van der Waals surface area (Å²) in [6.45, 7) is 0.423. The van der Waals surface area contributed by atoms with Gasteiger partial charge in [0, 0.05) is 6.92 Å². The zero-order valence-electron chi connectivity index (χ0n) is 13.6. The van der Waals surface area contributed by atoms with Crippen molar-refractivity contribution in [2.24, 2.45) is 0 Å². The van der Waals surface area contributed by atoms with E-state index in [9.17, 15) is 40.2 Å². The number of aliphatic hydroxyl groups excluding tert-OH is 5. The monoisotopic (exact) mass is 378 g/mol. The highest BCUT2D eigenvalue weighted by Gasteiger charge is 2.48. The second-order valence-corrected chi connectivity index (χ2v) is 5.85. The Morgan fingerprint density at radius 1 is 1.27 bits per heavy atom. The molecule has 2 rings (SSSR count). The second-order valence-electron chi connectivity index (χ2n) is 5.85. The van der Waals surface area contributed by atoms with Crippen LogP contribution in [0.15, 0.2) is 11.8 Å². The molecule has 8 atom stereocenters. The Balaban J connectivity index is 2.24. The van der Waals surface area contributed by atoms with E-state index < -0.39 is 73.4 Å². The number of nitrogens with one attached hydrogen (secondary N) is 1. The molecule has 0 bridgehead atoms. The van der Waals surface area contributed by atoms with Gasteiger partial charge >= 0.3 is 0 Å². The highest BCUT2D eigenvalue weighted by Crippen LogP contribution is 2.27. The first-order chi connectivity index (χ1) is 12.1. The summed E-state index contributed by atoms with van der Waals surface area (Å²) in [6.07, 6.45) is -10.5. The molecule has 2 aliphatic heterocycles. The Bertz CT molecular complexity index is 567. The smallest absolute Gasteiger partial charge is 0.229 e. The molecule has 12 heteroatoms. The molecule has 0 aliphatic carbocycles. The number of hydrogen-bond donors (Lipinski definition) is 6. The number of amides is 1. The van der Waals surface area contributed by atoms with Crippen molar-refractivity contribution in [3.63, 3.8) is 0 Å². The van der Waals surface area contributed by atoms with Crippen LogP contribution in [0.2, 0.25) is 0 Å². The molecule has 0 aromatic heterocycles. The summed E-state index contributed by atoms with van der Waals surface area (Å²) in [4.78, 5) is 22.2. The molecule has 2 aliphatic rings. The fourth-order valence-electron chi connectivity index (χ4n) is 2.66. The number of carbonyl (C=O) groups is 2. The Kier molecular flexibility index (Phi) is 6.52. The van der Waals surface area contributed by atoms with Gasteiger partial charge in [-0.1, -0.05) is 0 Å². The molecule has 6 N–H and O–H groups in total. The Labute approximate surface area is 147 Å². The Morgan fingerprint density at radius 2 is 1.92 bits per heavy atom. The van der Waals surface area contributed by atoms with E-state index in [4.69, 9.17) is 14.2 Å². The lowest BCUT2D eigenvalue weighted by Gasteiger charge is -2.44. The van der Waals surface area contributed by atoms with Crippen molar-refractivity contribution in [2.45, 2.75) is 56.1 Å². The largest absolute Gasteiger partial charge is 0.542 e. The number of aliphatic hydroxyl groups is 5. The summed E-state index contributed by atoms with van der Waals surface area (Å²) >= 11 is 0. The number of ether oxygens (including phenoxy) is 3. The molecular formula is C14H20NO11-. The molecule has 0 spiro atoms. The fourth-order valence-corrected chi connectivity index (χ4v) is 2.66. The zero-order valence-corrected chi connectivity index (χ0v) is 13.6. The third-order valence-corrected chi connectivity index (χ3v) is 3.93. The molecule has 1 unspecified atom stereocenters. The van der Waals surface area contributed by atoms with Crippen LogP contribution in [-0.2, 0) is 23.8 Å². The van der Waals surface area contributed by atoms with Crippen LogP contribution in [0.25, 0.3) is 0 Å². The molecule has 1 saturated heterocycles. The topological polar surface area (TPSA) is 198 Å². The van der Waals surface area contributed by atoms with Crippen molar-refractivity contribution in [3.8, 4) is 0 Å². The summed E-state index contributed by atoms with van der Waals surface area (Å²) in [5, 5.41) is 62.3. The minimum absolute atomic E-state index is 0.610. The first-order valence-corrected chi connectivity index (χ1v) is 7.66. The summed E-state index contributed by atoms with van der Waals surface area (Å²) in [5.41, 5.74) is 0. The molecule has 12 nitrogen and oxygen atoms in total. The average Bonchev–Trinajstić information content (AvgIpc) is 2.56. The van der Waals surface area contributed by atoms with E-state index in [1.54, 1.807) is 0 Å². The highest BCUT2D eigenvalue weighted by molar-refractivity contribution is 5.82. The van der Waals surface area contributed by atoms with Gasteiger partial charge in [0.1, 0.15) is 48.3 Å². The number of aliphatic carboxylic acids is 1. The van der Waals surface area contributed by atoms with Gasteiger partial charge in [0.05, 0.1) is 6.61 Å². The molecule has 148 valence electrons. The van der Waals surface area contributed by atoms with Gasteiger partial charge in [-0.05, 0) is 6.08 Å². The third kappa shape index (κ3) is 4.29. The normalized spacial score (nSPS) is 40.3. The van der Waals surface area contributed by atoms with Crippen LogP contribution in [0.4, 0.5) is 0 Å². The molecular weight excluding hydrogens is 358 g/mol. The number of carbonyl (C=O) groups excluding carboxylic acids is 2. The van der Waals surface area contributed by atoms with Gasteiger partial charge in [0.2, 0.25) is 12.2 Å². The lowest BCUT2D eigenvalue weighted by Crippen LogP contribution is -2.66. The highest BCUT2D eigenvalue weighted by atomic mass is 16.7. The maximum Gasteiger partial charge on any atom is 0.229 e. The molecule has 0 aromatic rings. The summed E-state index contributed by atoms with van der Waals surface area (Å²) in [7, 11) is 0. The fraction of sp³-hybridized carbons (Fsp3) is 0.714. The van der Waals surface area contributed by atoms with E-state index in [0.29, 0.717) is 6.08 Å². The average molecular weight is 378 g/mol.